The standard InChI is InChI=1S/C15H14ClFN2O2/c16-11-8-9(4-5-12(11)17)18-15(20)19-13-2-1-3-14-10(13)6-7-21-14/h4-8,13H,1-3H2,(H2,18,19,20). The predicted molar refractivity (Wildman–Crippen MR) is 78.0 cm³/mol. The summed E-state index contributed by atoms with van der Waals surface area (Å²) in [4.78, 5) is 12.0. The van der Waals surface area contributed by atoms with Crippen molar-refractivity contribution in [2.45, 2.75) is 25.3 Å². The van der Waals surface area contributed by atoms with Crippen molar-refractivity contribution in [3.05, 3.63) is 52.7 Å². The molecular formula is C15H14ClFN2O2. The van der Waals surface area contributed by atoms with Crippen LogP contribution in [0.1, 0.15) is 30.2 Å². The van der Waals surface area contributed by atoms with Gasteiger partial charge in [0.15, 0.2) is 0 Å². The van der Waals surface area contributed by atoms with Crippen LogP contribution < -0.4 is 10.6 Å². The zero-order valence-electron chi connectivity index (χ0n) is 11.2. The maximum absolute atomic E-state index is 13.1. The number of aryl methyl sites for hydroxylation is 1. The molecule has 0 spiro atoms. The average Bonchev–Trinajstić information content (AvgIpc) is 2.92. The average molecular weight is 309 g/mol. The molecule has 110 valence electrons. The van der Waals surface area contributed by atoms with Gasteiger partial charge in [-0.25, -0.2) is 9.18 Å². The molecular weight excluding hydrogens is 295 g/mol. The summed E-state index contributed by atoms with van der Waals surface area (Å²) >= 11 is 5.68. The number of carbonyl (C=O) groups is 1. The number of hydrogen-bond acceptors (Lipinski definition) is 2. The third kappa shape index (κ3) is 3.03. The summed E-state index contributed by atoms with van der Waals surface area (Å²) in [5.41, 5.74) is 1.47. The second kappa shape index (κ2) is 5.77. The lowest BCUT2D eigenvalue weighted by molar-refractivity contribution is 0.246. The largest absolute Gasteiger partial charge is 0.469 e. The molecule has 1 unspecified atom stereocenters. The molecule has 2 N–H and O–H groups in total. The summed E-state index contributed by atoms with van der Waals surface area (Å²) in [6.07, 6.45) is 4.37. The van der Waals surface area contributed by atoms with Gasteiger partial charge in [-0.3, -0.25) is 0 Å². The molecule has 0 saturated carbocycles. The van der Waals surface area contributed by atoms with Crippen LogP contribution in [0.25, 0.3) is 0 Å². The first-order valence-electron chi connectivity index (χ1n) is 6.72. The SMILES string of the molecule is O=C(Nc1ccc(F)c(Cl)c1)NC1CCCc2occc21. The van der Waals surface area contributed by atoms with Crippen LogP contribution in [-0.2, 0) is 6.42 Å². The van der Waals surface area contributed by atoms with Crippen LogP contribution in [0.5, 0.6) is 0 Å². The number of fused-ring (bicyclic) bond motifs is 1. The molecule has 1 heterocycles. The number of furan rings is 1. The van der Waals surface area contributed by atoms with E-state index >= 15 is 0 Å². The Bertz CT molecular complexity index is 671. The summed E-state index contributed by atoms with van der Waals surface area (Å²) in [6, 6.07) is 5.52. The number of hydrogen-bond donors (Lipinski definition) is 2. The van der Waals surface area contributed by atoms with Gasteiger partial charge in [0.05, 0.1) is 17.3 Å². The summed E-state index contributed by atoms with van der Waals surface area (Å²) in [7, 11) is 0. The van der Waals surface area contributed by atoms with Gasteiger partial charge in [0, 0.05) is 17.7 Å². The van der Waals surface area contributed by atoms with E-state index in [0.29, 0.717) is 5.69 Å². The van der Waals surface area contributed by atoms with E-state index in [9.17, 15) is 9.18 Å². The minimum atomic E-state index is -0.516. The van der Waals surface area contributed by atoms with Gasteiger partial charge < -0.3 is 15.1 Å². The van der Waals surface area contributed by atoms with Crippen LogP contribution in [0.2, 0.25) is 5.02 Å². The summed E-state index contributed by atoms with van der Waals surface area (Å²) < 4.78 is 18.5. The van der Waals surface area contributed by atoms with Crippen LogP contribution in [0.4, 0.5) is 14.9 Å². The van der Waals surface area contributed by atoms with E-state index in [1.54, 1.807) is 6.26 Å². The molecule has 0 aliphatic heterocycles. The van der Waals surface area contributed by atoms with E-state index in [4.69, 9.17) is 16.0 Å². The fraction of sp³-hybridized carbons (Fsp3) is 0.267. The molecule has 1 atom stereocenters. The van der Waals surface area contributed by atoms with Crippen molar-refractivity contribution in [3.63, 3.8) is 0 Å². The number of rotatable bonds is 2. The zero-order chi connectivity index (χ0) is 14.8. The molecule has 1 aliphatic rings. The molecule has 0 radical (unpaired) electrons. The third-order valence-electron chi connectivity index (χ3n) is 3.53. The molecule has 3 rings (SSSR count). The molecule has 21 heavy (non-hydrogen) atoms. The molecule has 6 heteroatoms. The number of carbonyl (C=O) groups excluding carboxylic acids is 1. The van der Waals surface area contributed by atoms with E-state index in [1.165, 1.54) is 18.2 Å². The number of halogens is 2. The fourth-order valence-electron chi connectivity index (χ4n) is 2.54. The Kier molecular flexibility index (Phi) is 3.84. The first kappa shape index (κ1) is 13.9. The quantitative estimate of drug-likeness (QED) is 0.870. The lowest BCUT2D eigenvalue weighted by atomic mass is 9.93. The van der Waals surface area contributed by atoms with E-state index in [-0.39, 0.29) is 17.1 Å². The number of urea groups is 1. The molecule has 0 bridgehead atoms. The Hall–Kier alpha value is -2.01. The lowest BCUT2D eigenvalue weighted by Gasteiger charge is -2.22. The second-order valence-electron chi connectivity index (χ2n) is 4.97. The van der Waals surface area contributed by atoms with Crippen LogP contribution in [-0.4, -0.2) is 6.03 Å². The van der Waals surface area contributed by atoms with Crippen molar-refractivity contribution in [1.82, 2.24) is 5.32 Å². The Morgan fingerprint density at radius 1 is 1.38 bits per heavy atom. The van der Waals surface area contributed by atoms with E-state index in [0.717, 1.165) is 30.6 Å². The van der Waals surface area contributed by atoms with Crippen molar-refractivity contribution >= 4 is 23.3 Å². The van der Waals surface area contributed by atoms with Crippen molar-refractivity contribution < 1.29 is 13.6 Å². The highest BCUT2D eigenvalue weighted by molar-refractivity contribution is 6.31. The Morgan fingerprint density at radius 3 is 3.05 bits per heavy atom. The Labute approximate surface area is 126 Å². The number of nitrogens with one attached hydrogen (secondary N) is 2. The van der Waals surface area contributed by atoms with Crippen molar-refractivity contribution in [3.8, 4) is 0 Å². The fourth-order valence-corrected chi connectivity index (χ4v) is 2.72. The normalized spacial score (nSPS) is 17.1. The summed E-state index contributed by atoms with van der Waals surface area (Å²) in [5, 5.41) is 5.52. The summed E-state index contributed by atoms with van der Waals surface area (Å²) in [5.74, 6) is 0.411. The second-order valence-corrected chi connectivity index (χ2v) is 5.38. The Morgan fingerprint density at radius 2 is 2.24 bits per heavy atom. The molecule has 4 nitrogen and oxygen atoms in total. The monoisotopic (exact) mass is 308 g/mol. The molecule has 0 saturated heterocycles. The minimum Gasteiger partial charge on any atom is -0.469 e. The van der Waals surface area contributed by atoms with E-state index in [1.807, 2.05) is 6.07 Å². The van der Waals surface area contributed by atoms with Gasteiger partial charge in [-0.15, -0.1) is 0 Å². The van der Waals surface area contributed by atoms with Crippen molar-refractivity contribution in [2.24, 2.45) is 0 Å². The van der Waals surface area contributed by atoms with Gasteiger partial charge in [-0.05, 0) is 37.1 Å². The van der Waals surface area contributed by atoms with Crippen LogP contribution in [0.3, 0.4) is 0 Å². The molecule has 1 aromatic heterocycles. The van der Waals surface area contributed by atoms with Gasteiger partial charge in [0.1, 0.15) is 11.6 Å². The molecule has 0 fully saturated rings. The topological polar surface area (TPSA) is 54.3 Å². The lowest BCUT2D eigenvalue weighted by Crippen LogP contribution is -2.34. The predicted octanol–water partition coefficient (Wildman–Crippen LogP) is 4.27. The van der Waals surface area contributed by atoms with Crippen LogP contribution in [0, 0.1) is 5.82 Å². The van der Waals surface area contributed by atoms with Crippen molar-refractivity contribution in [1.29, 1.82) is 0 Å². The third-order valence-corrected chi connectivity index (χ3v) is 3.82. The van der Waals surface area contributed by atoms with Gasteiger partial charge >= 0.3 is 6.03 Å². The minimum absolute atomic E-state index is 0.0254. The van der Waals surface area contributed by atoms with Gasteiger partial charge in [-0.1, -0.05) is 11.6 Å². The first-order chi connectivity index (χ1) is 10.1. The Balaban J connectivity index is 1.66. The number of benzene rings is 1. The zero-order valence-corrected chi connectivity index (χ0v) is 11.9. The molecule has 1 aromatic carbocycles. The van der Waals surface area contributed by atoms with E-state index in [2.05, 4.69) is 10.6 Å². The first-order valence-corrected chi connectivity index (χ1v) is 7.10. The maximum Gasteiger partial charge on any atom is 0.319 e. The number of anilines is 1. The maximum atomic E-state index is 13.1. The summed E-state index contributed by atoms with van der Waals surface area (Å²) in [6.45, 7) is 0. The highest BCUT2D eigenvalue weighted by Crippen LogP contribution is 2.30. The van der Waals surface area contributed by atoms with Crippen molar-refractivity contribution in [2.75, 3.05) is 5.32 Å². The molecule has 2 aromatic rings. The molecule has 2 amide bonds. The van der Waals surface area contributed by atoms with Gasteiger partial charge in [-0.2, -0.15) is 0 Å². The molecule has 1 aliphatic carbocycles. The smallest absolute Gasteiger partial charge is 0.319 e. The van der Waals surface area contributed by atoms with E-state index < -0.39 is 5.82 Å². The van der Waals surface area contributed by atoms with Crippen LogP contribution >= 0.6 is 11.6 Å². The highest BCUT2D eigenvalue weighted by atomic mass is 35.5. The van der Waals surface area contributed by atoms with Crippen LogP contribution in [0.15, 0.2) is 34.9 Å². The van der Waals surface area contributed by atoms with Gasteiger partial charge in [0.25, 0.3) is 0 Å². The highest BCUT2D eigenvalue weighted by Gasteiger charge is 2.24. The van der Waals surface area contributed by atoms with Gasteiger partial charge in [0.2, 0.25) is 0 Å². The number of amides is 2.